The number of hydrogen-bond donors (Lipinski definition) is 6. The number of aryl methyl sites for hydroxylation is 2. The van der Waals surface area contributed by atoms with E-state index in [1.54, 1.807) is 30.3 Å². The van der Waals surface area contributed by atoms with Crippen LogP contribution in [0.15, 0.2) is 42.5 Å². The van der Waals surface area contributed by atoms with Gasteiger partial charge in [0.15, 0.2) is 0 Å². The second kappa shape index (κ2) is 8.40. The zero-order valence-corrected chi connectivity index (χ0v) is 18.4. The van der Waals surface area contributed by atoms with Crippen LogP contribution in [0.5, 0.6) is 11.5 Å². The van der Waals surface area contributed by atoms with Crippen molar-refractivity contribution in [3.8, 4) is 22.8 Å². The van der Waals surface area contributed by atoms with Gasteiger partial charge in [0.05, 0.1) is 11.2 Å². The summed E-state index contributed by atoms with van der Waals surface area (Å²) in [6, 6.07) is 11.3. The summed E-state index contributed by atoms with van der Waals surface area (Å²) < 4.78 is 22.7. The van der Waals surface area contributed by atoms with Crippen LogP contribution in [0, 0.1) is 6.92 Å². The van der Waals surface area contributed by atoms with Gasteiger partial charge in [-0.25, -0.2) is 0 Å². The van der Waals surface area contributed by atoms with Crippen molar-refractivity contribution in [1.82, 2.24) is 4.57 Å². The van der Waals surface area contributed by atoms with Crippen molar-refractivity contribution in [3.63, 3.8) is 0 Å². The number of phenolic OH excluding ortho intramolecular Hbond substituents is 2. The minimum atomic E-state index is -5.02. The monoisotopic (exact) mass is 473 g/mol. The maximum absolute atomic E-state index is 11.5. The lowest BCUT2D eigenvalue weighted by Gasteiger charge is -2.19. The van der Waals surface area contributed by atoms with Crippen LogP contribution in [-0.2, 0) is 15.7 Å². The molecule has 0 atom stereocenters. The standard InChI is InChI=1S/C18H21NO8P2S/c1-11-15-7-6-14(21)10-16(15)19(17(11)12-2-4-13(20)5-3-12)8-9-30-18(28(22,23)24)29(25,26)27/h2-7,10,18,20-21H,8-9H2,1H3,(H2,22,23,24)(H2,25,26,27). The molecule has 0 aliphatic carbocycles. The molecule has 0 radical (unpaired) electrons. The first-order valence-electron chi connectivity index (χ1n) is 8.73. The first-order valence-corrected chi connectivity index (χ1v) is 13.1. The normalized spacial score (nSPS) is 12.7. The lowest BCUT2D eigenvalue weighted by atomic mass is 10.1. The maximum atomic E-state index is 11.5. The molecule has 0 fully saturated rings. The van der Waals surface area contributed by atoms with Crippen LogP contribution < -0.4 is 0 Å². The number of aromatic hydroxyl groups is 2. The molecule has 1 heterocycles. The molecule has 3 rings (SSSR count). The van der Waals surface area contributed by atoms with E-state index in [1.807, 2.05) is 11.5 Å². The van der Waals surface area contributed by atoms with Gasteiger partial charge in [-0.1, -0.05) is 0 Å². The molecule has 0 unspecified atom stereocenters. The number of rotatable bonds is 7. The van der Waals surface area contributed by atoms with Crippen molar-refractivity contribution in [1.29, 1.82) is 0 Å². The second-order valence-corrected chi connectivity index (χ2v) is 12.5. The number of aromatic nitrogens is 1. The predicted octanol–water partition coefficient (Wildman–Crippen LogP) is 3.40. The molecule has 0 aliphatic heterocycles. The Kier molecular flexibility index (Phi) is 6.41. The largest absolute Gasteiger partial charge is 0.508 e. The molecule has 0 saturated heterocycles. The Morgan fingerprint density at radius 2 is 1.50 bits per heavy atom. The molecule has 1 aromatic heterocycles. The Morgan fingerprint density at radius 3 is 2.07 bits per heavy atom. The second-order valence-electron chi connectivity index (χ2n) is 6.75. The van der Waals surface area contributed by atoms with E-state index in [-0.39, 0.29) is 23.8 Å². The average molecular weight is 473 g/mol. The quantitative estimate of drug-likeness (QED) is 0.283. The third-order valence-corrected chi connectivity index (χ3v) is 10.8. The summed E-state index contributed by atoms with van der Waals surface area (Å²) in [5.41, 5.74) is 3.09. The van der Waals surface area contributed by atoms with E-state index < -0.39 is 19.9 Å². The van der Waals surface area contributed by atoms with Crippen molar-refractivity contribution >= 4 is 37.9 Å². The van der Waals surface area contributed by atoms with E-state index >= 15 is 0 Å². The van der Waals surface area contributed by atoms with Gasteiger partial charge in [-0.2, -0.15) is 0 Å². The van der Waals surface area contributed by atoms with E-state index in [0.717, 1.165) is 22.2 Å². The van der Waals surface area contributed by atoms with Gasteiger partial charge in [0.25, 0.3) is 0 Å². The summed E-state index contributed by atoms with van der Waals surface area (Å²) in [7, 11) is -10.0. The summed E-state index contributed by atoms with van der Waals surface area (Å²) in [5, 5.41) is 20.4. The molecule has 162 valence electrons. The minimum absolute atomic E-state index is 0.00481. The fourth-order valence-electron chi connectivity index (χ4n) is 3.37. The zero-order chi connectivity index (χ0) is 22.3. The highest BCUT2D eigenvalue weighted by Crippen LogP contribution is 2.64. The van der Waals surface area contributed by atoms with E-state index in [9.17, 15) is 38.9 Å². The summed E-state index contributed by atoms with van der Waals surface area (Å²) in [6.07, 6.45) is 0. The number of nitrogens with zero attached hydrogens (tertiary/aromatic N) is 1. The molecule has 12 heteroatoms. The van der Waals surface area contributed by atoms with Gasteiger partial charge in [0.1, 0.15) is 11.5 Å². The Morgan fingerprint density at radius 1 is 0.933 bits per heavy atom. The van der Waals surface area contributed by atoms with Crippen LogP contribution in [0.25, 0.3) is 22.2 Å². The van der Waals surface area contributed by atoms with E-state index in [4.69, 9.17) is 0 Å². The molecule has 0 bridgehead atoms. The lowest BCUT2D eigenvalue weighted by molar-refractivity contribution is 0.352. The van der Waals surface area contributed by atoms with Crippen molar-refractivity contribution in [2.45, 2.75) is 18.2 Å². The summed E-state index contributed by atoms with van der Waals surface area (Å²) >= 11 is 0.509. The van der Waals surface area contributed by atoms with Crippen molar-refractivity contribution in [2.24, 2.45) is 0 Å². The predicted molar refractivity (Wildman–Crippen MR) is 116 cm³/mol. The van der Waals surface area contributed by atoms with Gasteiger partial charge in [-0.3, -0.25) is 9.13 Å². The SMILES string of the molecule is Cc1c(-c2ccc(O)cc2)n(CCSC(P(=O)(O)O)P(=O)(O)O)c2cc(O)ccc12. The molecular weight excluding hydrogens is 452 g/mol. The first kappa shape index (κ1) is 22.9. The molecule has 2 aromatic carbocycles. The zero-order valence-electron chi connectivity index (χ0n) is 15.8. The Balaban J connectivity index is 2.03. The molecule has 6 N–H and O–H groups in total. The lowest BCUT2D eigenvalue weighted by Crippen LogP contribution is -2.09. The number of benzene rings is 2. The summed E-state index contributed by atoms with van der Waals surface area (Å²) in [6.45, 7) is 2.06. The van der Waals surface area contributed by atoms with Crippen LogP contribution in [-0.4, -0.2) is 44.8 Å². The molecule has 9 nitrogen and oxygen atoms in total. The van der Waals surface area contributed by atoms with Crippen molar-refractivity contribution < 1.29 is 38.9 Å². The van der Waals surface area contributed by atoms with E-state index in [2.05, 4.69) is 0 Å². The van der Waals surface area contributed by atoms with E-state index in [1.165, 1.54) is 12.1 Å². The highest BCUT2D eigenvalue weighted by Gasteiger charge is 2.43. The number of hydrogen-bond acceptors (Lipinski definition) is 5. The minimum Gasteiger partial charge on any atom is -0.508 e. The first-order chi connectivity index (χ1) is 13.9. The number of thioether (sulfide) groups is 1. The molecule has 0 spiro atoms. The molecular formula is C18H21NO8P2S. The summed E-state index contributed by atoms with van der Waals surface area (Å²) in [5.74, 6) is 0.137. The third kappa shape index (κ3) is 4.76. The molecule has 30 heavy (non-hydrogen) atoms. The Bertz CT molecular complexity index is 1140. The fourth-order valence-corrected chi connectivity index (χ4v) is 7.63. The smallest absolute Gasteiger partial charge is 0.350 e. The summed E-state index contributed by atoms with van der Waals surface area (Å²) in [4.78, 5) is 37.3. The number of phenols is 2. The maximum Gasteiger partial charge on any atom is 0.350 e. The highest BCUT2D eigenvalue weighted by molar-refractivity contribution is 8.12. The Labute approximate surface area is 176 Å². The molecule has 3 aromatic rings. The van der Waals surface area contributed by atoms with Gasteiger partial charge in [-0.15, -0.1) is 11.8 Å². The van der Waals surface area contributed by atoms with Crippen LogP contribution in [0.3, 0.4) is 0 Å². The van der Waals surface area contributed by atoms with Gasteiger partial charge >= 0.3 is 15.2 Å². The Hall–Kier alpha value is -1.77. The molecule has 0 aliphatic rings. The highest BCUT2D eigenvalue weighted by atomic mass is 32.2. The van der Waals surface area contributed by atoms with Crippen LogP contribution in [0.1, 0.15) is 5.56 Å². The number of fused-ring (bicyclic) bond motifs is 1. The van der Waals surface area contributed by atoms with Crippen molar-refractivity contribution in [2.75, 3.05) is 5.75 Å². The van der Waals surface area contributed by atoms with Gasteiger partial charge in [-0.05, 0) is 54.4 Å². The van der Waals surface area contributed by atoms with E-state index in [0.29, 0.717) is 17.3 Å². The van der Waals surface area contributed by atoms with Crippen LogP contribution >= 0.6 is 27.0 Å². The fraction of sp³-hybridized carbons (Fsp3) is 0.222. The van der Waals surface area contributed by atoms with Gasteiger partial charge < -0.3 is 34.4 Å². The molecule has 0 amide bonds. The third-order valence-electron chi connectivity index (χ3n) is 4.60. The van der Waals surface area contributed by atoms with Crippen LogP contribution in [0.4, 0.5) is 0 Å². The average Bonchev–Trinajstić information content (AvgIpc) is 2.89. The van der Waals surface area contributed by atoms with Gasteiger partial charge in [0.2, 0.25) is 4.73 Å². The van der Waals surface area contributed by atoms with Crippen molar-refractivity contribution in [3.05, 3.63) is 48.0 Å². The molecule has 0 saturated carbocycles. The topological polar surface area (TPSA) is 160 Å². The van der Waals surface area contributed by atoms with Gasteiger partial charge in [0, 0.05) is 23.8 Å². The van der Waals surface area contributed by atoms with Crippen LogP contribution in [0.2, 0.25) is 0 Å².